The van der Waals surface area contributed by atoms with Crippen LogP contribution >= 0.6 is 15.9 Å². The summed E-state index contributed by atoms with van der Waals surface area (Å²) >= 11 is 3.69. The molecular weight excluding hydrogens is 292 g/mol. The highest BCUT2D eigenvalue weighted by atomic mass is 79.9. The summed E-state index contributed by atoms with van der Waals surface area (Å²) in [5.74, 6) is 2.81. The van der Waals surface area contributed by atoms with Crippen LogP contribution in [-0.4, -0.2) is 7.11 Å². The van der Waals surface area contributed by atoms with Gasteiger partial charge in [0.05, 0.1) is 11.9 Å². The monoisotopic (exact) mass is 308 g/mol. The lowest BCUT2D eigenvalue weighted by Crippen LogP contribution is -1.97. The summed E-state index contributed by atoms with van der Waals surface area (Å²) in [4.78, 5) is 0.0782. The molecule has 1 aromatic carbocycles. The average Bonchev–Trinajstić information content (AvgIpc) is 2.74. The normalized spacial score (nSPS) is 12.5. The Hall–Kier alpha value is -1.22. The highest BCUT2D eigenvalue weighted by molar-refractivity contribution is 9.09. The molecule has 0 saturated carbocycles. The second-order valence-corrected chi connectivity index (χ2v) is 5.41. The van der Waals surface area contributed by atoms with Crippen molar-refractivity contribution in [2.24, 2.45) is 0 Å². The molecule has 2 rings (SSSR count). The van der Waals surface area contributed by atoms with E-state index in [1.54, 1.807) is 7.11 Å². The summed E-state index contributed by atoms with van der Waals surface area (Å²) in [7, 11) is 1.70. The number of benzene rings is 1. The predicted molar refractivity (Wildman–Crippen MR) is 76.7 cm³/mol. The molecule has 0 amide bonds. The first-order valence-corrected chi connectivity index (χ1v) is 6.80. The maximum atomic E-state index is 5.66. The molecule has 0 aliphatic rings. The highest BCUT2D eigenvalue weighted by Gasteiger charge is 2.16. The molecule has 0 aliphatic heterocycles. The van der Waals surface area contributed by atoms with Crippen molar-refractivity contribution in [3.8, 4) is 5.75 Å². The summed E-state index contributed by atoms with van der Waals surface area (Å²) < 4.78 is 11.0. The molecule has 0 aliphatic carbocycles. The molecule has 0 fully saturated rings. The van der Waals surface area contributed by atoms with E-state index in [-0.39, 0.29) is 4.83 Å². The van der Waals surface area contributed by atoms with Crippen LogP contribution in [-0.2, 0) is 0 Å². The maximum absolute atomic E-state index is 5.66. The molecule has 0 bridgehead atoms. The fraction of sp³-hybridized carbons (Fsp3) is 0.333. The zero-order chi connectivity index (χ0) is 13.3. The lowest BCUT2D eigenvalue weighted by atomic mass is 10.0. The first-order chi connectivity index (χ1) is 8.52. The smallest absolute Gasteiger partial charge is 0.124 e. The number of furan rings is 1. The van der Waals surface area contributed by atoms with Gasteiger partial charge in [0, 0.05) is 0 Å². The summed E-state index contributed by atoms with van der Waals surface area (Å²) in [5.41, 5.74) is 3.46. The number of hydrogen-bond acceptors (Lipinski definition) is 2. The van der Waals surface area contributed by atoms with Crippen molar-refractivity contribution in [2.45, 2.75) is 25.6 Å². The molecule has 96 valence electrons. The van der Waals surface area contributed by atoms with Crippen molar-refractivity contribution in [3.63, 3.8) is 0 Å². The molecule has 0 N–H and O–H groups in total. The van der Waals surface area contributed by atoms with Crippen molar-refractivity contribution in [1.82, 2.24) is 0 Å². The first-order valence-electron chi connectivity index (χ1n) is 5.88. The zero-order valence-corrected chi connectivity index (χ0v) is 12.7. The Balaban J connectivity index is 2.40. The van der Waals surface area contributed by atoms with Crippen molar-refractivity contribution in [3.05, 3.63) is 52.5 Å². The molecular formula is C15H17BrO2. The van der Waals surface area contributed by atoms with E-state index < -0.39 is 0 Å². The van der Waals surface area contributed by atoms with Gasteiger partial charge in [-0.05, 0) is 49.6 Å². The van der Waals surface area contributed by atoms with Gasteiger partial charge in [0.1, 0.15) is 17.3 Å². The van der Waals surface area contributed by atoms with Gasteiger partial charge >= 0.3 is 0 Å². The summed E-state index contributed by atoms with van der Waals surface area (Å²) in [5, 5.41) is 0. The molecule has 18 heavy (non-hydrogen) atoms. The van der Waals surface area contributed by atoms with Crippen LogP contribution in [0.1, 0.15) is 33.0 Å². The number of alkyl halides is 1. The van der Waals surface area contributed by atoms with Crippen molar-refractivity contribution in [1.29, 1.82) is 0 Å². The topological polar surface area (TPSA) is 22.4 Å². The largest absolute Gasteiger partial charge is 0.496 e. The minimum Gasteiger partial charge on any atom is -0.496 e. The Labute approximate surface area is 116 Å². The molecule has 1 unspecified atom stereocenters. The van der Waals surface area contributed by atoms with Gasteiger partial charge in [-0.3, -0.25) is 0 Å². The Kier molecular flexibility index (Phi) is 3.81. The van der Waals surface area contributed by atoms with Crippen LogP contribution < -0.4 is 4.74 Å². The lowest BCUT2D eigenvalue weighted by Gasteiger charge is -2.14. The van der Waals surface area contributed by atoms with E-state index in [1.807, 2.05) is 19.1 Å². The van der Waals surface area contributed by atoms with Gasteiger partial charge < -0.3 is 9.15 Å². The number of hydrogen-bond donors (Lipinski definition) is 0. The van der Waals surface area contributed by atoms with E-state index in [0.29, 0.717) is 0 Å². The van der Waals surface area contributed by atoms with Crippen molar-refractivity contribution in [2.75, 3.05) is 7.11 Å². The standard InChI is InChI=1S/C15H17BrO2/c1-9-7-12(8-10(2)15(9)17-4)14(16)13-6-5-11(3)18-13/h5-8,14H,1-4H3. The molecule has 3 heteroatoms. The van der Waals surface area contributed by atoms with E-state index in [9.17, 15) is 0 Å². The van der Waals surface area contributed by atoms with Crippen molar-refractivity contribution < 1.29 is 9.15 Å². The van der Waals surface area contributed by atoms with E-state index in [2.05, 4.69) is 41.9 Å². The summed E-state index contributed by atoms with van der Waals surface area (Å²) in [6.07, 6.45) is 0. The van der Waals surface area contributed by atoms with E-state index in [0.717, 1.165) is 28.4 Å². The van der Waals surface area contributed by atoms with Gasteiger partial charge in [-0.2, -0.15) is 0 Å². The molecule has 0 spiro atoms. The minimum absolute atomic E-state index is 0.0782. The molecule has 1 heterocycles. The van der Waals surface area contributed by atoms with Gasteiger partial charge in [0.25, 0.3) is 0 Å². The number of ether oxygens (including phenoxy) is 1. The third kappa shape index (κ3) is 2.46. The fourth-order valence-electron chi connectivity index (χ4n) is 2.21. The average molecular weight is 309 g/mol. The predicted octanol–water partition coefficient (Wildman–Crippen LogP) is 4.70. The lowest BCUT2D eigenvalue weighted by molar-refractivity contribution is 0.408. The van der Waals surface area contributed by atoms with Gasteiger partial charge in [-0.15, -0.1) is 0 Å². The molecule has 2 aromatic rings. The van der Waals surface area contributed by atoms with Crippen LogP contribution in [0, 0.1) is 20.8 Å². The summed E-state index contributed by atoms with van der Waals surface area (Å²) in [6.45, 7) is 6.07. The van der Waals surface area contributed by atoms with E-state index >= 15 is 0 Å². The highest BCUT2D eigenvalue weighted by Crippen LogP contribution is 2.35. The molecule has 0 radical (unpaired) electrons. The zero-order valence-electron chi connectivity index (χ0n) is 11.1. The number of halogens is 1. The first kappa shape index (κ1) is 13.2. The van der Waals surface area contributed by atoms with E-state index in [4.69, 9.17) is 9.15 Å². The molecule has 1 atom stereocenters. The number of methoxy groups -OCH3 is 1. The van der Waals surface area contributed by atoms with Crippen LogP contribution in [0.2, 0.25) is 0 Å². The number of aryl methyl sites for hydroxylation is 3. The maximum Gasteiger partial charge on any atom is 0.124 e. The van der Waals surface area contributed by atoms with Crippen molar-refractivity contribution >= 4 is 15.9 Å². The van der Waals surface area contributed by atoms with Gasteiger partial charge in [-0.25, -0.2) is 0 Å². The third-order valence-corrected chi connectivity index (χ3v) is 3.97. The Bertz CT molecular complexity index is 534. The van der Waals surface area contributed by atoms with Crippen LogP contribution in [0.3, 0.4) is 0 Å². The second kappa shape index (κ2) is 5.19. The van der Waals surface area contributed by atoms with Crippen LogP contribution in [0.4, 0.5) is 0 Å². The van der Waals surface area contributed by atoms with Crippen LogP contribution in [0.5, 0.6) is 5.75 Å². The fourth-order valence-corrected chi connectivity index (χ4v) is 2.72. The Morgan fingerprint density at radius 1 is 1.11 bits per heavy atom. The second-order valence-electron chi connectivity index (χ2n) is 4.50. The molecule has 1 aromatic heterocycles. The molecule has 0 saturated heterocycles. The summed E-state index contributed by atoms with van der Waals surface area (Å²) in [6, 6.07) is 8.24. The molecule has 2 nitrogen and oxygen atoms in total. The van der Waals surface area contributed by atoms with Gasteiger partial charge in [-0.1, -0.05) is 28.1 Å². The van der Waals surface area contributed by atoms with E-state index in [1.165, 1.54) is 5.56 Å². The van der Waals surface area contributed by atoms with Gasteiger partial charge in [0.15, 0.2) is 0 Å². The Morgan fingerprint density at radius 3 is 2.17 bits per heavy atom. The quantitative estimate of drug-likeness (QED) is 0.767. The van der Waals surface area contributed by atoms with Crippen LogP contribution in [0.25, 0.3) is 0 Å². The minimum atomic E-state index is 0.0782. The Morgan fingerprint density at radius 2 is 1.72 bits per heavy atom. The SMILES string of the molecule is COc1c(C)cc(C(Br)c2ccc(C)o2)cc1C. The number of rotatable bonds is 3. The van der Waals surface area contributed by atoms with Crippen LogP contribution in [0.15, 0.2) is 28.7 Å². The third-order valence-electron chi connectivity index (χ3n) is 2.99. The van der Waals surface area contributed by atoms with Gasteiger partial charge in [0.2, 0.25) is 0 Å².